The molecule has 0 saturated heterocycles. The average molecular weight is 144 g/mol. The minimum absolute atomic E-state index is 0.0366. The van der Waals surface area contributed by atoms with E-state index in [1.54, 1.807) is 6.92 Å². The minimum atomic E-state index is -1.58. The third-order valence-corrected chi connectivity index (χ3v) is 0.624. The summed E-state index contributed by atoms with van der Waals surface area (Å²) >= 11 is 0. The molecule has 56 valence electrons. The molecule has 0 atom stereocenters. The smallest absolute Gasteiger partial charge is 0.417 e. The van der Waals surface area contributed by atoms with Crippen LogP contribution in [0.5, 0.6) is 0 Å². The van der Waals surface area contributed by atoms with Gasteiger partial charge in [0, 0.05) is 0 Å². The second-order valence-corrected chi connectivity index (χ2v) is 1.84. The van der Waals surface area contributed by atoms with E-state index in [9.17, 15) is 9.59 Å². The number of carbonyl (C=O) groups excluding carboxylic acids is 1. The van der Waals surface area contributed by atoms with Gasteiger partial charge in [0.05, 0.1) is 0 Å². The van der Waals surface area contributed by atoms with Crippen LogP contribution in [0.1, 0.15) is 6.92 Å². The maximum atomic E-state index is 10.2. The van der Waals surface area contributed by atoms with Crippen molar-refractivity contribution in [2.45, 2.75) is 6.92 Å². The fraction of sp³-hybridized carbons (Fsp3) is 0.333. The van der Waals surface area contributed by atoms with E-state index in [0.29, 0.717) is 5.57 Å². The van der Waals surface area contributed by atoms with E-state index in [4.69, 9.17) is 5.11 Å². The van der Waals surface area contributed by atoms with E-state index in [-0.39, 0.29) is 6.61 Å². The van der Waals surface area contributed by atoms with Crippen molar-refractivity contribution in [2.24, 2.45) is 0 Å². The molecule has 0 spiro atoms. The lowest BCUT2D eigenvalue weighted by Gasteiger charge is -1.98. The fourth-order valence-corrected chi connectivity index (χ4v) is 0.250. The Morgan fingerprint density at radius 3 is 2.40 bits per heavy atom. The maximum absolute atomic E-state index is 10.2. The van der Waals surface area contributed by atoms with Gasteiger partial charge < -0.3 is 9.84 Å². The van der Waals surface area contributed by atoms with Crippen LogP contribution in [0.15, 0.2) is 12.2 Å². The molecule has 0 aromatic carbocycles. The van der Waals surface area contributed by atoms with Crippen molar-refractivity contribution in [1.82, 2.24) is 0 Å². The van der Waals surface area contributed by atoms with E-state index in [0.717, 1.165) is 0 Å². The molecule has 1 N–H and O–H groups in total. The van der Waals surface area contributed by atoms with Crippen molar-refractivity contribution in [3.05, 3.63) is 12.2 Å². The summed E-state index contributed by atoms with van der Waals surface area (Å²) in [5.41, 5.74) is 0.606. The molecule has 4 nitrogen and oxygen atoms in total. The first-order valence-electron chi connectivity index (χ1n) is 2.58. The number of rotatable bonds is 2. The van der Waals surface area contributed by atoms with Gasteiger partial charge in [-0.25, -0.2) is 9.59 Å². The molecule has 0 aliphatic rings. The molecule has 0 heterocycles. The zero-order valence-electron chi connectivity index (χ0n) is 5.59. The largest absolute Gasteiger partial charge is 0.473 e. The first-order valence-corrected chi connectivity index (χ1v) is 2.58. The quantitative estimate of drug-likeness (QED) is 0.341. The van der Waals surface area contributed by atoms with Crippen molar-refractivity contribution >= 4 is 11.9 Å². The number of aliphatic carboxylic acids is 1. The van der Waals surface area contributed by atoms with Gasteiger partial charge in [-0.1, -0.05) is 6.58 Å². The SMILES string of the molecule is C=C(C)COC(=O)C(=O)O. The third kappa shape index (κ3) is 3.65. The molecule has 0 fully saturated rings. The van der Waals surface area contributed by atoms with Crippen molar-refractivity contribution in [1.29, 1.82) is 0 Å². The highest BCUT2D eigenvalue weighted by Gasteiger charge is 2.11. The number of ether oxygens (including phenoxy) is 1. The molecular weight excluding hydrogens is 136 g/mol. The van der Waals surface area contributed by atoms with Crippen LogP contribution in [-0.2, 0) is 14.3 Å². The molecule has 10 heavy (non-hydrogen) atoms. The Hall–Kier alpha value is -1.32. The van der Waals surface area contributed by atoms with Crippen LogP contribution in [0.2, 0.25) is 0 Å². The van der Waals surface area contributed by atoms with Gasteiger partial charge in [-0.3, -0.25) is 0 Å². The van der Waals surface area contributed by atoms with Crippen LogP contribution < -0.4 is 0 Å². The molecule has 0 rings (SSSR count). The topological polar surface area (TPSA) is 63.6 Å². The van der Waals surface area contributed by atoms with E-state index in [1.807, 2.05) is 0 Å². The van der Waals surface area contributed by atoms with Crippen LogP contribution in [0.3, 0.4) is 0 Å². The van der Waals surface area contributed by atoms with Crippen LogP contribution in [0.25, 0.3) is 0 Å². The van der Waals surface area contributed by atoms with Crippen LogP contribution in [0.4, 0.5) is 0 Å². The Labute approximate surface area is 58.1 Å². The Kier molecular flexibility index (Phi) is 3.17. The highest BCUT2D eigenvalue weighted by Crippen LogP contribution is 1.88. The lowest BCUT2D eigenvalue weighted by molar-refractivity contribution is -0.163. The normalized spacial score (nSPS) is 8.50. The van der Waals surface area contributed by atoms with E-state index < -0.39 is 11.9 Å². The summed E-state index contributed by atoms with van der Waals surface area (Å²) in [6.07, 6.45) is 0. The van der Waals surface area contributed by atoms with Crippen molar-refractivity contribution < 1.29 is 19.4 Å². The summed E-state index contributed by atoms with van der Waals surface area (Å²) in [5.74, 6) is -2.83. The first kappa shape index (κ1) is 8.68. The molecule has 4 heteroatoms. The predicted molar refractivity (Wildman–Crippen MR) is 33.4 cm³/mol. The molecule has 0 aliphatic carbocycles. The van der Waals surface area contributed by atoms with Crippen molar-refractivity contribution in [3.8, 4) is 0 Å². The summed E-state index contributed by atoms with van der Waals surface area (Å²) in [5, 5.41) is 7.99. The fourth-order valence-electron chi connectivity index (χ4n) is 0.250. The van der Waals surface area contributed by atoms with Gasteiger partial charge in [0.25, 0.3) is 0 Å². The molecule has 0 aliphatic heterocycles. The first-order chi connectivity index (χ1) is 4.54. The summed E-state index contributed by atoms with van der Waals surface area (Å²) in [6.45, 7) is 5.01. The standard InChI is InChI=1S/C6H8O4/c1-4(2)3-10-6(9)5(7)8/h1,3H2,2H3,(H,7,8). The van der Waals surface area contributed by atoms with Gasteiger partial charge in [-0.2, -0.15) is 0 Å². The Morgan fingerprint density at radius 2 is 2.10 bits per heavy atom. The Morgan fingerprint density at radius 1 is 1.60 bits per heavy atom. The highest BCUT2D eigenvalue weighted by molar-refractivity contribution is 6.28. The van der Waals surface area contributed by atoms with Crippen LogP contribution >= 0.6 is 0 Å². The van der Waals surface area contributed by atoms with Gasteiger partial charge in [0.1, 0.15) is 6.61 Å². The van der Waals surface area contributed by atoms with Crippen LogP contribution in [0, 0.1) is 0 Å². The Balaban J connectivity index is 3.60. The van der Waals surface area contributed by atoms with E-state index in [1.165, 1.54) is 0 Å². The number of carbonyl (C=O) groups is 2. The number of carboxylic acids is 1. The molecule has 0 unspecified atom stereocenters. The summed E-state index contributed by atoms with van der Waals surface area (Å²) in [7, 11) is 0. The van der Waals surface area contributed by atoms with Crippen LogP contribution in [-0.4, -0.2) is 23.7 Å². The summed E-state index contributed by atoms with van der Waals surface area (Å²) < 4.78 is 4.23. The third-order valence-electron chi connectivity index (χ3n) is 0.624. The lowest BCUT2D eigenvalue weighted by atomic mass is 10.4. The highest BCUT2D eigenvalue weighted by atomic mass is 16.6. The monoisotopic (exact) mass is 144 g/mol. The lowest BCUT2D eigenvalue weighted by Crippen LogP contribution is -2.16. The molecule has 0 radical (unpaired) electrons. The molecule has 0 aromatic rings. The van der Waals surface area contributed by atoms with Gasteiger partial charge in [0.2, 0.25) is 0 Å². The molecule has 0 amide bonds. The van der Waals surface area contributed by atoms with Gasteiger partial charge in [-0.15, -0.1) is 0 Å². The second-order valence-electron chi connectivity index (χ2n) is 1.84. The number of carboxylic acid groups (broad SMARTS) is 1. The average Bonchev–Trinajstić information content (AvgIpc) is 1.82. The summed E-state index contributed by atoms with van der Waals surface area (Å²) in [4.78, 5) is 20.0. The minimum Gasteiger partial charge on any atom is -0.473 e. The van der Waals surface area contributed by atoms with Gasteiger partial charge in [-0.05, 0) is 12.5 Å². The van der Waals surface area contributed by atoms with Crippen molar-refractivity contribution in [3.63, 3.8) is 0 Å². The summed E-state index contributed by atoms with van der Waals surface area (Å²) in [6, 6.07) is 0. The predicted octanol–water partition coefficient (Wildman–Crippen LogP) is 0.190. The molecular formula is C6H8O4. The van der Waals surface area contributed by atoms with Crippen molar-refractivity contribution in [2.75, 3.05) is 6.61 Å². The number of esters is 1. The molecule has 0 saturated carbocycles. The molecule has 0 bridgehead atoms. The number of hydrogen-bond acceptors (Lipinski definition) is 3. The molecule has 0 aromatic heterocycles. The zero-order chi connectivity index (χ0) is 8.15. The van der Waals surface area contributed by atoms with E-state index >= 15 is 0 Å². The second kappa shape index (κ2) is 3.66. The number of hydrogen-bond donors (Lipinski definition) is 1. The van der Waals surface area contributed by atoms with Gasteiger partial charge >= 0.3 is 11.9 Å². The van der Waals surface area contributed by atoms with Gasteiger partial charge in [0.15, 0.2) is 0 Å². The van der Waals surface area contributed by atoms with E-state index in [2.05, 4.69) is 11.3 Å². The maximum Gasteiger partial charge on any atom is 0.417 e. The zero-order valence-corrected chi connectivity index (χ0v) is 5.59. The Bertz CT molecular complexity index is 171.